The summed E-state index contributed by atoms with van der Waals surface area (Å²) < 4.78 is 0. The van der Waals surface area contributed by atoms with Crippen LogP contribution in [0.1, 0.15) is 28.3 Å². The molecule has 0 aromatic heterocycles. The number of halogens is 1. The molecule has 0 aliphatic carbocycles. The van der Waals surface area contributed by atoms with E-state index >= 15 is 0 Å². The van der Waals surface area contributed by atoms with E-state index < -0.39 is 0 Å². The van der Waals surface area contributed by atoms with Crippen molar-refractivity contribution >= 4 is 17.3 Å². The predicted octanol–water partition coefficient (Wildman–Crippen LogP) is 5.58. The maximum atomic E-state index is 9.17. The lowest BCUT2D eigenvalue weighted by Crippen LogP contribution is -2.48. The highest BCUT2D eigenvalue weighted by Gasteiger charge is 2.29. The smallest absolute Gasteiger partial charge is 0.0992 e. The molecule has 1 heterocycles. The Bertz CT molecular complexity index is 1010. The van der Waals surface area contributed by atoms with Crippen LogP contribution in [0.25, 0.3) is 0 Å². The van der Waals surface area contributed by atoms with Crippen molar-refractivity contribution in [2.45, 2.75) is 19.5 Å². The van der Waals surface area contributed by atoms with E-state index in [-0.39, 0.29) is 6.04 Å². The van der Waals surface area contributed by atoms with Gasteiger partial charge >= 0.3 is 0 Å². The van der Waals surface area contributed by atoms with Crippen LogP contribution in [0, 0.1) is 18.3 Å². The maximum absolute atomic E-state index is 9.17. The van der Waals surface area contributed by atoms with Crippen LogP contribution < -0.4 is 4.90 Å². The number of nitrogens with zero attached hydrogens (tertiary/aromatic N) is 3. The molecule has 0 saturated carbocycles. The molecule has 1 aliphatic heterocycles. The molecule has 1 atom stereocenters. The van der Waals surface area contributed by atoms with Gasteiger partial charge in [0.1, 0.15) is 0 Å². The first-order valence-corrected chi connectivity index (χ1v) is 10.3. The van der Waals surface area contributed by atoms with Crippen molar-refractivity contribution in [2.75, 3.05) is 24.5 Å². The van der Waals surface area contributed by atoms with Gasteiger partial charge in [-0.05, 0) is 36.2 Å². The summed E-state index contributed by atoms with van der Waals surface area (Å²) in [7, 11) is 0. The number of hydrogen-bond donors (Lipinski definition) is 0. The quantitative estimate of drug-likeness (QED) is 0.571. The molecule has 4 rings (SSSR count). The zero-order valence-corrected chi connectivity index (χ0v) is 17.3. The fourth-order valence-electron chi connectivity index (χ4n) is 4.00. The highest BCUT2D eigenvalue weighted by molar-refractivity contribution is 6.33. The Balaban J connectivity index is 1.64. The van der Waals surface area contributed by atoms with Crippen molar-refractivity contribution in [1.29, 1.82) is 5.26 Å². The van der Waals surface area contributed by atoms with Crippen molar-refractivity contribution in [2.24, 2.45) is 0 Å². The molecule has 0 spiro atoms. The molecule has 0 unspecified atom stereocenters. The third-order valence-electron chi connectivity index (χ3n) is 5.56. The number of nitriles is 1. The average molecular weight is 402 g/mol. The average Bonchev–Trinajstić information content (AvgIpc) is 2.75. The molecule has 0 radical (unpaired) electrons. The number of piperazine rings is 1. The van der Waals surface area contributed by atoms with Crippen LogP contribution in [-0.2, 0) is 6.54 Å². The van der Waals surface area contributed by atoms with Crippen LogP contribution in [-0.4, -0.2) is 24.5 Å². The fourth-order valence-corrected chi connectivity index (χ4v) is 4.29. The van der Waals surface area contributed by atoms with Crippen molar-refractivity contribution in [1.82, 2.24) is 4.90 Å². The third kappa shape index (κ3) is 4.45. The van der Waals surface area contributed by atoms with Gasteiger partial charge in [-0.15, -0.1) is 0 Å². The number of aryl methyl sites for hydroxylation is 1. The minimum absolute atomic E-state index is 0.207. The summed E-state index contributed by atoms with van der Waals surface area (Å²) in [6.07, 6.45) is 0. The van der Waals surface area contributed by atoms with Crippen molar-refractivity contribution < 1.29 is 0 Å². The highest BCUT2D eigenvalue weighted by atomic mass is 35.5. The lowest BCUT2D eigenvalue weighted by Gasteiger charge is -2.43. The molecule has 1 aliphatic rings. The van der Waals surface area contributed by atoms with E-state index in [1.165, 1.54) is 16.7 Å². The van der Waals surface area contributed by atoms with Crippen molar-refractivity contribution in [3.05, 3.63) is 100 Å². The third-order valence-corrected chi connectivity index (χ3v) is 5.86. The zero-order valence-electron chi connectivity index (χ0n) is 16.6. The van der Waals surface area contributed by atoms with Gasteiger partial charge in [-0.1, -0.05) is 71.8 Å². The summed E-state index contributed by atoms with van der Waals surface area (Å²) in [5.74, 6) is 0. The van der Waals surface area contributed by atoms with E-state index in [0.29, 0.717) is 10.6 Å². The van der Waals surface area contributed by atoms with E-state index in [2.05, 4.69) is 77.4 Å². The van der Waals surface area contributed by atoms with Crippen LogP contribution in [0.3, 0.4) is 0 Å². The Labute approximate surface area is 177 Å². The second-order valence-corrected chi connectivity index (χ2v) is 8.03. The van der Waals surface area contributed by atoms with Gasteiger partial charge in [-0.3, -0.25) is 4.90 Å². The Morgan fingerprint density at radius 1 is 1.00 bits per heavy atom. The van der Waals surface area contributed by atoms with Gasteiger partial charge in [0.25, 0.3) is 0 Å². The molecule has 0 N–H and O–H groups in total. The summed E-state index contributed by atoms with van der Waals surface area (Å²) in [5, 5.41) is 9.80. The minimum Gasteiger partial charge on any atom is -0.361 e. The molecule has 0 amide bonds. The molecule has 146 valence electrons. The molecule has 3 nitrogen and oxygen atoms in total. The first-order chi connectivity index (χ1) is 14.1. The highest BCUT2D eigenvalue weighted by Crippen LogP contribution is 2.36. The number of hydrogen-bond acceptors (Lipinski definition) is 3. The van der Waals surface area contributed by atoms with Crippen LogP contribution >= 0.6 is 11.6 Å². The molecule has 4 heteroatoms. The molecule has 3 aromatic rings. The van der Waals surface area contributed by atoms with Crippen LogP contribution in [0.15, 0.2) is 72.8 Å². The summed E-state index contributed by atoms with van der Waals surface area (Å²) in [4.78, 5) is 4.89. The summed E-state index contributed by atoms with van der Waals surface area (Å²) in [6.45, 7) is 5.83. The second kappa shape index (κ2) is 8.69. The van der Waals surface area contributed by atoms with Crippen LogP contribution in [0.2, 0.25) is 5.02 Å². The standard InChI is InChI=1S/C25H24ClN3/c1-19-7-10-22(11-8-19)25-18-28(17-20-5-3-2-4-6-20)13-14-29(25)24-12-9-21(16-27)15-23(24)26/h2-12,15,25H,13-14,17-18H2,1H3/t25-/m0/s1. The predicted molar refractivity (Wildman–Crippen MR) is 119 cm³/mol. The topological polar surface area (TPSA) is 30.3 Å². The van der Waals surface area contributed by atoms with E-state index in [9.17, 15) is 0 Å². The monoisotopic (exact) mass is 401 g/mol. The molecule has 1 fully saturated rings. The molecule has 0 bridgehead atoms. The van der Waals surface area contributed by atoms with Crippen LogP contribution in [0.5, 0.6) is 0 Å². The van der Waals surface area contributed by atoms with Crippen LogP contribution in [0.4, 0.5) is 5.69 Å². The van der Waals surface area contributed by atoms with Gasteiger partial charge < -0.3 is 4.90 Å². The molecule has 1 saturated heterocycles. The first kappa shape index (κ1) is 19.5. The van der Waals surface area contributed by atoms with E-state index in [1.807, 2.05) is 12.1 Å². The van der Waals surface area contributed by atoms with Gasteiger partial charge in [-0.2, -0.15) is 5.26 Å². The van der Waals surface area contributed by atoms with Gasteiger partial charge in [0.15, 0.2) is 0 Å². The van der Waals surface area contributed by atoms with Gasteiger partial charge in [0, 0.05) is 26.2 Å². The number of rotatable bonds is 4. The second-order valence-electron chi connectivity index (χ2n) is 7.62. The van der Waals surface area contributed by atoms with E-state index in [0.717, 1.165) is 31.9 Å². The minimum atomic E-state index is 0.207. The normalized spacial score (nSPS) is 17.1. The Kier molecular flexibility index (Phi) is 5.85. The Morgan fingerprint density at radius 3 is 2.45 bits per heavy atom. The van der Waals surface area contributed by atoms with Gasteiger partial charge in [-0.25, -0.2) is 0 Å². The van der Waals surface area contributed by atoms with Gasteiger partial charge in [0.2, 0.25) is 0 Å². The molecular weight excluding hydrogens is 378 g/mol. The number of anilines is 1. The van der Waals surface area contributed by atoms with Crippen molar-refractivity contribution in [3.63, 3.8) is 0 Å². The van der Waals surface area contributed by atoms with E-state index in [4.69, 9.17) is 16.9 Å². The lowest BCUT2D eigenvalue weighted by molar-refractivity contribution is 0.215. The zero-order chi connectivity index (χ0) is 20.2. The molecular formula is C25H24ClN3. The summed E-state index contributed by atoms with van der Waals surface area (Å²) in [6, 6.07) is 27.4. The van der Waals surface area contributed by atoms with E-state index in [1.54, 1.807) is 6.07 Å². The van der Waals surface area contributed by atoms with Gasteiger partial charge in [0.05, 0.1) is 28.4 Å². The Hall–Kier alpha value is -2.80. The molecule has 29 heavy (non-hydrogen) atoms. The lowest BCUT2D eigenvalue weighted by atomic mass is 9.99. The first-order valence-electron chi connectivity index (χ1n) is 9.93. The molecule has 3 aromatic carbocycles. The maximum Gasteiger partial charge on any atom is 0.0992 e. The summed E-state index contributed by atoms with van der Waals surface area (Å²) in [5.41, 5.74) is 5.46. The summed E-state index contributed by atoms with van der Waals surface area (Å²) >= 11 is 6.58. The largest absolute Gasteiger partial charge is 0.361 e. The SMILES string of the molecule is Cc1ccc([C@@H]2CN(Cc3ccccc3)CCN2c2ccc(C#N)cc2Cl)cc1. The fraction of sp³-hybridized carbons (Fsp3) is 0.240. The Morgan fingerprint density at radius 2 is 1.76 bits per heavy atom. The number of benzene rings is 3. The van der Waals surface area contributed by atoms with Crippen molar-refractivity contribution in [3.8, 4) is 6.07 Å².